The van der Waals surface area contributed by atoms with Crippen molar-refractivity contribution in [1.82, 2.24) is 19.1 Å². The van der Waals surface area contributed by atoms with E-state index >= 15 is 0 Å². The van der Waals surface area contributed by atoms with Gasteiger partial charge < -0.3 is 4.98 Å². The van der Waals surface area contributed by atoms with Gasteiger partial charge in [0, 0.05) is 14.1 Å². The van der Waals surface area contributed by atoms with Crippen LogP contribution in [-0.2, 0) is 14.1 Å². The molecule has 0 atom stereocenters. The van der Waals surface area contributed by atoms with Crippen LogP contribution < -0.4 is 11.2 Å². The van der Waals surface area contributed by atoms with Gasteiger partial charge in [0.2, 0.25) is 0 Å². The van der Waals surface area contributed by atoms with Gasteiger partial charge in [-0.05, 0) is 0 Å². The molecule has 6 nitrogen and oxygen atoms in total. The number of H-pyrrole nitrogens is 1. The maximum Gasteiger partial charge on any atom is 0.332 e. The minimum absolute atomic E-state index is 0.351. The summed E-state index contributed by atoms with van der Waals surface area (Å²) in [6.45, 7) is 4.00. The number of aryl methyl sites for hydroxylation is 1. The van der Waals surface area contributed by atoms with Crippen molar-refractivity contribution in [3.63, 3.8) is 0 Å². The Morgan fingerprint density at radius 1 is 1.20 bits per heavy atom. The molecule has 0 amide bonds. The maximum atomic E-state index is 11.4. The lowest BCUT2D eigenvalue weighted by Gasteiger charge is -2.00. The van der Waals surface area contributed by atoms with Gasteiger partial charge in [0.05, 0.1) is 6.33 Å². The first-order valence-corrected chi connectivity index (χ1v) is 4.72. The van der Waals surface area contributed by atoms with Crippen molar-refractivity contribution in [1.29, 1.82) is 0 Å². The normalized spacial score (nSPS) is 9.87. The highest BCUT2D eigenvalue weighted by atomic mass is 16.2. The lowest BCUT2D eigenvalue weighted by atomic mass is 10.5. The molecule has 0 aliphatic rings. The van der Waals surface area contributed by atoms with Gasteiger partial charge in [-0.2, -0.15) is 0 Å². The highest BCUT2D eigenvalue weighted by Crippen LogP contribution is 1.97. The molecular formula is C9H14N4O2. The van der Waals surface area contributed by atoms with Gasteiger partial charge in [-0.3, -0.25) is 13.9 Å². The van der Waals surface area contributed by atoms with Crippen LogP contribution in [0.4, 0.5) is 0 Å². The lowest BCUT2D eigenvalue weighted by Crippen LogP contribution is -2.36. The summed E-state index contributed by atoms with van der Waals surface area (Å²) in [7, 11) is 3.01. The van der Waals surface area contributed by atoms with Gasteiger partial charge in [0.25, 0.3) is 5.56 Å². The third kappa shape index (κ3) is 1.58. The van der Waals surface area contributed by atoms with Gasteiger partial charge in [0.1, 0.15) is 5.52 Å². The highest BCUT2D eigenvalue weighted by molar-refractivity contribution is 5.68. The van der Waals surface area contributed by atoms with Crippen molar-refractivity contribution in [2.24, 2.45) is 14.1 Å². The van der Waals surface area contributed by atoms with Crippen LogP contribution in [0.1, 0.15) is 13.8 Å². The van der Waals surface area contributed by atoms with Crippen LogP contribution in [0.5, 0.6) is 0 Å². The first-order chi connectivity index (χ1) is 7.13. The molecule has 2 heterocycles. The first-order valence-electron chi connectivity index (χ1n) is 4.72. The minimum Gasteiger partial charge on any atom is -0.339 e. The Morgan fingerprint density at radius 3 is 2.40 bits per heavy atom. The number of aromatic amines is 1. The Bertz CT molecular complexity index is 576. The number of hydrogen-bond acceptors (Lipinski definition) is 3. The lowest BCUT2D eigenvalue weighted by molar-refractivity contribution is 0.709. The molecule has 1 N–H and O–H groups in total. The summed E-state index contributed by atoms with van der Waals surface area (Å²) in [6, 6.07) is 0. The Labute approximate surface area is 86.2 Å². The van der Waals surface area contributed by atoms with Crippen LogP contribution in [0.2, 0.25) is 0 Å². The number of aromatic nitrogens is 4. The van der Waals surface area contributed by atoms with Crippen molar-refractivity contribution >= 4 is 11.2 Å². The van der Waals surface area contributed by atoms with E-state index in [1.807, 2.05) is 13.8 Å². The van der Waals surface area contributed by atoms with Crippen LogP contribution >= 0.6 is 0 Å². The smallest absolute Gasteiger partial charge is 0.332 e. The maximum absolute atomic E-state index is 11.4. The zero-order valence-corrected chi connectivity index (χ0v) is 9.24. The average Bonchev–Trinajstić information content (AvgIpc) is 2.75. The molecule has 0 bridgehead atoms. The van der Waals surface area contributed by atoms with Crippen molar-refractivity contribution in [3.05, 3.63) is 27.2 Å². The van der Waals surface area contributed by atoms with E-state index in [2.05, 4.69) is 9.97 Å². The molecule has 0 spiro atoms. The Kier molecular flexibility index (Phi) is 3.08. The number of nitrogens with zero attached hydrogens (tertiary/aromatic N) is 3. The minimum atomic E-state index is -0.371. The van der Waals surface area contributed by atoms with Crippen LogP contribution in [0.15, 0.2) is 15.9 Å². The second-order valence-electron chi connectivity index (χ2n) is 2.81. The number of fused-ring (bicyclic) bond motifs is 1. The topological polar surface area (TPSA) is 72.7 Å². The molecule has 15 heavy (non-hydrogen) atoms. The van der Waals surface area contributed by atoms with Gasteiger partial charge in [-0.15, -0.1) is 0 Å². The van der Waals surface area contributed by atoms with Crippen molar-refractivity contribution in [2.45, 2.75) is 13.8 Å². The molecule has 0 saturated carbocycles. The zero-order chi connectivity index (χ0) is 11.6. The average molecular weight is 210 g/mol. The van der Waals surface area contributed by atoms with Crippen LogP contribution in [0.3, 0.4) is 0 Å². The fourth-order valence-corrected chi connectivity index (χ4v) is 1.27. The summed E-state index contributed by atoms with van der Waals surface area (Å²) in [5, 5.41) is 0. The molecular weight excluding hydrogens is 196 g/mol. The zero-order valence-electron chi connectivity index (χ0n) is 9.24. The van der Waals surface area contributed by atoms with E-state index in [-0.39, 0.29) is 11.2 Å². The van der Waals surface area contributed by atoms with Gasteiger partial charge in [-0.1, -0.05) is 13.8 Å². The monoisotopic (exact) mass is 210 g/mol. The molecule has 0 aromatic carbocycles. The second-order valence-corrected chi connectivity index (χ2v) is 2.81. The van der Waals surface area contributed by atoms with E-state index in [9.17, 15) is 9.59 Å². The van der Waals surface area contributed by atoms with Crippen LogP contribution in [0.25, 0.3) is 11.2 Å². The molecule has 2 rings (SSSR count). The Balaban J connectivity index is 0.000000531. The van der Waals surface area contributed by atoms with Gasteiger partial charge in [0.15, 0.2) is 5.65 Å². The van der Waals surface area contributed by atoms with E-state index in [4.69, 9.17) is 0 Å². The third-order valence-corrected chi connectivity index (χ3v) is 2.03. The number of nitrogens with one attached hydrogen (secondary N) is 1. The summed E-state index contributed by atoms with van der Waals surface area (Å²) in [4.78, 5) is 29.4. The highest BCUT2D eigenvalue weighted by Gasteiger charge is 2.08. The Hall–Kier alpha value is -1.85. The molecule has 82 valence electrons. The largest absolute Gasteiger partial charge is 0.339 e. The van der Waals surface area contributed by atoms with E-state index in [0.29, 0.717) is 11.2 Å². The Morgan fingerprint density at radius 2 is 1.80 bits per heavy atom. The summed E-state index contributed by atoms with van der Waals surface area (Å²) in [5.41, 5.74) is 0.0119. The van der Waals surface area contributed by atoms with Gasteiger partial charge in [-0.25, -0.2) is 9.78 Å². The number of hydrogen-bond donors (Lipinski definition) is 1. The standard InChI is InChI=1S/C7H8N4O2.C2H6/c1-10-5-4(8-3-9-5)6(12)11(2)7(10)13;1-2/h3H,1-2H3,(H,8,9);1-2H3. The summed E-state index contributed by atoms with van der Waals surface area (Å²) >= 11 is 0. The van der Waals surface area contributed by atoms with E-state index in [0.717, 1.165) is 4.57 Å². The molecule has 6 heteroatoms. The van der Waals surface area contributed by atoms with Gasteiger partial charge >= 0.3 is 5.69 Å². The molecule has 2 aromatic rings. The van der Waals surface area contributed by atoms with Crippen molar-refractivity contribution in [3.8, 4) is 0 Å². The molecule has 0 aliphatic heterocycles. The van der Waals surface area contributed by atoms with Crippen molar-refractivity contribution in [2.75, 3.05) is 0 Å². The van der Waals surface area contributed by atoms with Crippen LogP contribution in [0, 0.1) is 0 Å². The predicted octanol–water partition coefficient (Wildman–Crippen LogP) is -0.0135. The summed E-state index contributed by atoms with van der Waals surface area (Å²) in [6.07, 6.45) is 1.39. The fraction of sp³-hybridized carbons (Fsp3) is 0.444. The molecule has 0 radical (unpaired) electrons. The number of imidazole rings is 1. The molecule has 2 aromatic heterocycles. The predicted molar refractivity (Wildman–Crippen MR) is 57.9 cm³/mol. The quantitative estimate of drug-likeness (QED) is 0.664. The third-order valence-electron chi connectivity index (χ3n) is 2.03. The molecule has 0 fully saturated rings. The summed E-state index contributed by atoms with van der Waals surface area (Å²) in [5.74, 6) is 0. The van der Waals surface area contributed by atoms with Crippen LogP contribution in [-0.4, -0.2) is 19.1 Å². The molecule has 0 unspecified atom stereocenters. The second kappa shape index (κ2) is 4.12. The van der Waals surface area contributed by atoms with E-state index in [1.54, 1.807) is 7.05 Å². The van der Waals surface area contributed by atoms with E-state index in [1.165, 1.54) is 17.9 Å². The van der Waals surface area contributed by atoms with E-state index < -0.39 is 0 Å². The SMILES string of the molecule is CC.Cn1c(=O)c2[nH]cnc2n(C)c1=O. The fourth-order valence-electron chi connectivity index (χ4n) is 1.27. The van der Waals surface area contributed by atoms with Crippen molar-refractivity contribution < 1.29 is 0 Å². The summed E-state index contributed by atoms with van der Waals surface area (Å²) < 4.78 is 2.37. The molecule has 0 saturated heterocycles. The number of rotatable bonds is 0. The first kappa shape index (κ1) is 11.2. The molecule has 0 aliphatic carbocycles.